The van der Waals surface area contributed by atoms with Crippen molar-refractivity contribution < 1.29 is 29.1 Å². The summed E-state index contributed by atoms with van der Waals surface area (Å²) in [6.07, 6.45) is 2.11. The number of rotatable bonds is 15. The highest BCUT2D eigenvalue weighted by molar-refractivity contribution is 6.02. The number of carbonyl (C=O) groups excluding carboxylic acids is 3. The highest BCUT2D eigenvalue weighted by atomic mass is 16.7. The number of aryl methyl sites for hydroxylation is 1. The molecule has 0 fully saturated rings. The summed E-state index contributed by atoms with van der Waals surface area (Å²) in [6.45, 7) is 3.29. The van der Waals surface area contributed by atoms with Crippen LogP contribution in [0.15, 0.2) is 71.1 Å². The van der Waals surface area contributed by atoms with E-state index in [4.69, 9.17) is 10.4 Å². The third-order valence-corrected chi connectivity index (χ3v) is 7.50. The van der Waals surface area contributed by atoms with Crippen molar-refractivity contribution >= 4 is 40.2 Å². The van der Waals surface area contributed by atoms with Gasteiger partial charge >= 0.3 is 5.97 Å². The van der Waals surface area contributed by atoms with Gasteiger partial charge in [0.1, 0.15) is 12.6 Å². The number of oxime groups is 1. The van der Waals surface area contributed by atoms with Gasteiger partial charge in [0, 0.05) is 36.4 Å². The Kier molecular flexibility index (Phi) is 10.0. The second-order valence-electron chi connectivity index (χ2n) is 11.1. The lowest BCUT2D eigenvalue weighted by Gasteiger charge is -2.29. The van der Waals surface area contributed by atoms with E-state index in [9.17, 15) is 24.3 Å². The van der Waals surface area contributed by atoms with Crippen LogP contribution < -0.4 is 10.6 Å². The maximum absolute atomic E-state index is 13.8. The fourth-order valence-corrected chi connectivity index (χ4v) is 5.26. The average Bonchev–Trinajstić information content (AvgIpc) is 3.60. The van der Waals surface area contributed by atoms with Crippen molar-refractivity contribution in [1.82, 2.24) is 15.6 Å². The molecular formula is C31H36N6O6. The van der Waals surface area contributed by atoms with E-state index in [1.807, 2.05) is 74.6 Å². The molecule has 3 atom stereocenters. The molecule has 2 heterocycles. The number of carboxylic acids is 1. The largest absolute Gasteiger partial charge is 0.481 e. The number of aromatic nitrogens is 1. The highest BCUT2D eigenvalue weighted by Crippen LogP contribution is 2.31. The lowest BCUT2D eigenvalue weighted by molar-refractivity contribution is -0.147. The average molecular weight is 589 g/mol. The lowest BCUT2D eigenvalue weighted by Crippen LogP contribution is -2.55. The Morgan fingerprint density at radius 3 is 2.51 bits per heavy atom. The first kappa shape index (κ1) is 31.1. The number of hydrogen-bond acceptors (Lipinski definition) is 8. The number of fused-ring (bicyclic) bond motifs is 1. The zero-order valence-corrected chi connectivity index (χ0v) is 24.1. The van der Waals surface area contributed by atoms with Crippen molar-refractivity contribution in [3.05, 3.63) is 71.9 Å². The minimum atomic E-state index is -1.59. The number of nitrogens with zero attached hydrogens (tertiary/aromatic N) is 2. The quantitative estimate of drug-likeness (QED) is 0.169. The fraction of sp³-hybridized carbons (Fsp3) is 0.387. The number of Topliss-reactive ketones (excluding diaryl/α,β-unsaturated/α-hetero) is 1. The minimum absolute atomic E-state index is 0.0100. The van der Waals surface area contributed by atoms with Crippen molar-refractivity contribution in [2.45, 2.75) is 63.6 Å². The molecule has 3 aromatic rings. The predicted octanol–water partition coefficient (Wildman–Crippen LogP) is 3.56. The van der Waals surface area contributed by atoms with Gasteiger partial charge in [-0.3, -0.25) is 19.2 Å². The van der Waals surface area contributed by atoms with Gasteiger partial charge in [0.2, 0.25) is 11.5 Å². The van der Waals surface area contributed by atoms with Crippen molar-refractivity contribution in [2.24, 2.45) is 16.2 Å². The summed E-state index contributed by atoms with van der Waals surface area (Å²) in [5.74, 6) is -2.98. The number of hydrogen-bond donors (Lipinski definition) is 5. The number of aliphatic carboxylic acids is 1. The second-order valence-corrected chi connectivity index (χ2v) is 11.1. The van der Waals surface area contributed by atoms with Gasteiger partial charge in [0.15, 0.2) is 5.78 Å². The molecule has 2 aromatic carbocycles. The number of ketones is 1. The standard InChI is InChI=1S/C31H36N6O6/c1-19(2)29(36-27(39)13-12-21-17-33-23-11-7-6-10-22(21)23)25-16-31(43-37-25,15-20-8-4-3-5-9-20)30(42)35-24(14-28(40)41)26(38)18-34-32/h3-11,17,19,24,29,32-33H,12-16,18H2,1-2H3,(H,35,42)(H,36,39)(H,40,41)/t24-,29?,31?/m0/s1. The van der Waals surface area contributed by atoms with Gasteiger partial charge in [-0.15, -0.1) is 0 Å². The molecule has 0 radical (unpaired) electrons. The maximum Gasteiger partial charge on any atom is 0.305 e. The second kappa shape index (κ2) is 13.9. The van der Waals surface area contributed by atoms with E-state index in [-0.39, 0.29) is 31.1 Å². The molecule has 0 saturated heterocycles. The van der Waals surface area contributed by atoms with Crippen molar-refractivity contribution in [2.75, 3.05) is 6.54 Å². The van der Waals surface area contributed by atoms with E-state index in [0.29, 0.717) is 12.1 Å². The van der Waals surface area contributed by atoms with Crippen LogP contribution in [0.4, 0.5) is 0 Å². The first-order valence-electron chi connectivity index (χ1n) is 14.1. The Labute approximate surface area is 248 Å². The van der Waals surface area contributed by atoms with Crippen molar-refractivity contribution in [3.8, 4) is 0 Å². The van der Waals surface area contributed by atoms with E-state index in [1.165, 1.54) is 0 Å². The van der Waals surface area contributed by atoms with E-state index >= 15 is 0 Å². The van der Waals surface area contributed by atoms with Crippen molar-refractivity contribution in [3.63, 3.8) is 0 Å². The van der Waals surface area contributed by atoms with Crippen LogP contribution in [0.2, 0.25) is 0 Å². The zero-order valence-electron chi connectivity index (χ0n) is 24.1. The van der Waals surface area contributed by atoms with Gasteiger partial charge in [-0.05, 0) is 29.5 Å². The number of benzene rings is 2. The number of carboxylic acid groups (broad SMARTS) is 1. The van der Waals surface area contributed by atoms with Gasteiger partial charge in [-0.2, -0.15) is 5.11 Å². The monoisotopic (exact) mass is 588 g/mol. The molecule has 43 heavy (non-hydrogen) atoms. The van der Waals surface area contributed by atoms with Gasteiger partial charge in [-0.25, -0.2) is 5.53 Å². The van der Waals surface area contributed by atoms with Crippen LogP contribution in [-0.2, 0) is 36.9 Å². The molecular weight excluding hydrogens is 552 g/mol. The van der Waals surface area contributed by atoms with Crippen LogP contribution >= 0.6 is 0 Å². The topological polar surface area (TPSA) is 186 Å². The highest BCUT2D eigenvalue weighted by Gasteiger charge is 2.49. The zero-order chi connectivity index (χ0) is 31.0. The van der Waals surface area contributed by atoms with Crippen LogP contribution in [0.5, 0.6) is 0 Å². The Hall–Kier alpha value is -4.87. The molecule has 0 aliphatic carbocycles. The predicted molar refractivity (Wildman–Crippen MR) is 159 cm³/mol. The summed E-state index contributed by atoms with van der Waals surface area (Å²) in [5, 5.41) is 23.3. The Morgan fingerprint density at radius 1 is 1.09 bits per heavy atom. The smallest absolute Gasteiger partial charge is 0.305 e. The number of carbonyl (C=O) groups is 4. The molecule has 5 N–H and O–H groups in total. The van der Waals surface area contributed by atoms with Gasteiger partial charge in [0.25, 0.3) is 5.91 Å². The van der Waals surface area contributed by atoms with Crippen LogP contribution in [0.3, 0.4) is 0 Å². The van der Waals surface area contributed by atoms with Gasteiger partial charge in [-0.1, -0.05) is 67.5 Å². The van der Waals surface area contributed by atoms with E-state index in [1.54, 1.807) is 0 Å². The Bertz CT molecular complexity index is 1520. The van der Waals surface area contributed by atoms with Crippen LogP contribution in [0.25, 0.3) is 10.9 Å². The molecule has 1 aliphatic rings. The van der Waals surface area contributed by atoms with Gasteiger partial charge in [0.05, 0.1) is 18.2 Å². The number of nitrogens with one attached hydrogen (secondary N) is 4. The fourth-order valence-electron chi connectivity index (χ4n) is 5.26. The molecule has 0 saturated carbocycles. The molecule has 12 nitrogen and oxygen atoms in total. The van der Waals surface area contributed by atoms with Crippen LogP contribution in [0, 0.1) is 11.4 Å². The summed E-state index contributed by atoms with van der Waals surface area (Å²) in [7, 11) is 0. The summed E-state index contributed by atoms with van der Waals surface area (Å²) in [6, 6.07) is 15.1. The molecule has 1 aliphatic heterocycles. The number of aromatic amines is 1. The minimum Gasteiger partial charge on any atom is -0.481 e. The molecule has 4 rings (SSSR count). The van der Waals surface area contributed by atoms with Crippen LogP contribution in [-0.4, -0.2) is 63.6 Å². The van der Waals surface area contributed by atoms with E-state index in [2.05, 4.69) is 25.9 Å². The molecule has 2 unspecified atom stereocenters. The molecule has 12 heteroatoms. The van der Waals surface area contributed by atoms with Gasteiger partial charge < -0.3 is 25.6 Å². The summed E-state index contributed by atoms with van der Waals surface area (Å²) < 4.78 is 0. The Morgan fingerprint density at radius 2 is 1.81 bits per heavy atom. The third kappa shape index (κ3) is 7.70. The normalized spacial score (nSPS) is 17.5. The first-order chi connectivity index (χ1) is 20.6. The molecule has 2 amide bonds. The summed E-state index contributed by atoms with van der Waals surface area (Å²) in [5.41, 5.74) is 8.66. The third-order valence-electron chi connectivity index (χ3n) is 7.50. The number of amides is 2. The maximum atomic E-state index is 13.8. The number of para-hydroxylation sites is 1. The number of H-pyrrole nitrogens is 1. The summed E-state index contributed by atoms with van der Waals surface area (Å²) in [4.78, 5) is 59.8. The SMILES string of the molecule is CC(C)C(NC(=O)CCc1c[nH]c2ccccc12)C1=NOC(Cc2ccccc2)(C(=O)N[C@@H](CC(=O)O)C(=O)CN=N)C1. The lowest BCUT2D eigenvalue weighted by atomic mass is 9.84. The summed E-state index contributed by atoms with van der Waals surface area (Å²) >= 11 is 0. The molecule has 226 valence electrons. The van der Waals surface area contributed by atoms with E-state index < -0.39 is 48.3 Å². The van der Waals surface area contributed by atoms with E-state index in [0.717, 1.165) is 22.0 Å². The first-order valence-corrected chi connectivity index (χ1v) is 14.1. The van der Waals surface area contributed by atoms with Crippen molar-refractivity contribution in [1.29, 1.82) is 5.53 Å². The molecule has 1 aromatic heterocycles. The molecule has 0 spiro atoms. The molecule has 0 bridgehead atoms. The Balaban J connectivity index is 1.50. The van der Waals surface area contributed by atoms with Crippen LogP contribution in [0.1, 0.15) is 44.2 Å².